The van der Waals surface area contributed by atoms with Crippen molar-refractivity contribution in [1.29, 1.82) is 0 Å². The van der Waals surface area contributed by atoms with E-state index in [2.05, 4.69) is 5.16 Å². The molecule has 18 heavy (non-hydrogen) atoms. The second-order valence-corrected chi connectivity index (χ2v) is 3.89. The molecule has 1 aromatic carbocycles. The van der Waals surface area contributed by atoms with Gasteiger partial charge in [0.15, 0.2) is 5.76 Å². The highest BCUT2D eigenvalue weighted by atomic mass is 19.1. The lowest BCUT2D eigenvalue weighted by molar-refractivity contribution is 0.0695. The Bertz CT molecular complexity index is 560. The SMILES string of the molecule is CCCc1onc(-c2ccc(F)cc2)c1C(=O)O. The van der Waals surface area contributed by atoms with Gasteiger partial charge in [0.05, 0.1) is 0 Å². The number of hydrogen-bond donors (Lipinski definition) is 1. The van der Waals surface area contributed by atoms with Crippen molar-refractivity contribution >= 4 is 5.97 Å². The van der Waals surface area contributed by atoms with Gasteiger partial charge in [-0.3, -0.25) is 0 Å². The van der Waals surface area contributed by atoms with E-state index in [0.717, 1.165) is 6.42 Å². The van der Waals surface area contributed by atoms with Gasteiger partial charge in [0.25, 0.3) is 0 Å². The lowest BCUT2D eigenvalue weighted by Gasteiger charge is -1.99. The van der Waals surface area contributed by atoms with Crippen molar-refractivity contribution in [3.05, 3.63) is 41.4 Å². The molecule has 4 nitrogen and oxygen atoms in total. The topological polar surface area (TPSA) is 63.3 Å². The Labute approximate surface area is 103 Å². The van der Waals surface area contributed by atoms with Crippen LogP contribution < -0.4 is 0 Å². The van der Waals surface area contributed by atoms with Crippen molar-refractivity contribution < 1.29 is 18.8 Å². The molecule has 0 radical (unpaired) electrons. The summed E-state index contributed by atoms with van der Waals surface area (Å²) in [6.45, 7) is 1.92. The monoisotopic (exact) mass is 249 g/mol. The molecule has 1 aromatic heterocycles. The summed E-state index contributed by atoms with van der Waals surface area (Å²) in [7, 11) is 0. The predicted octanol–water partition coefficient (Wildman–Crippen LogP) is 3.13. The van der Waals surface area contributed by atoms with Crippen LogP contribution in [-0.4, -0.2) is 16.2 Å². The number of halogens is 1. The fourth-order valence-electron chi connectivity index (χ4n) is 1.75. The first-order valence-electron chi connectivity index (χ1n) is 5.61. The van der Waals surface area contributed by atoms with Gasteiger partial charge in [-0.25, -0.2) is 9.18 Å². The largest absolute Gasteiger partial charge is 0.477 e. The molecule has 2 aromatic rings. The highest BCUT2D eigenvalue weighted by Gasteiger charge is 2.22. The van der Waals surface area contributed by atoms with Gasteiger partial charge in [0, 0.05) is 12.0 Å². The molecule has 0 unspecified atom stereocenters. The van der Waals surface area contributed by atoms with Crippen molar-refractivity contribution in [2.75, 3.05) is 0 Å². The van der Waals surface area contributed by atoms with Gasteiger partial charge in [0.2, 0.25) is 0 Å². The molecule has 94 valence electrons. The summed E-state index contributed by atoms with van der Waals surface area (Å²) in [5.41, 5.74) is 0.828. The summed E-state index contributed by atoms with van der Waals surface area (Å²) < 4.78 is 17.9. The van der Waals surface area contributed by atoms with Crippen LogP contribution in [0.1, 0.15) is 29.5 Å². The summed E-state index contributed by atoms with van der Waals surface area (Å²) >= 11 is 0. The molecule has 1 N–H and O–H groups in total. The number of carboxylic acid groups (broad SMARTS) is 1. The Morgan fingerprint density at radius 2 is 2.06 bits per heavy atom. The third-order valence-electron chi connectivity index (χ3n) is 2.57. The third kappa shape index (κ3) is 2.25. The van der Waals surface area contributed by atoms with E-state index in [1.807, 2.05) is 6.92 Å². The smallest absolute Gasteiger partial charge is 0.341 e. The fraction of sp³-hybridized carbons (Fsp3) is 0.231. The molecule has 0 aliphatic heterocycles. The van der Waals surface area contributed by atoms with E-state index in [-0.39, 0.29) is 17.1 Å². The molecule has 0 aliphatic carbocycles. The molecule has 0 saturated carbocycles. The standard InChI is InChI=1S/C13H12FNO3/c1-2-3-10-11(13(16)17)12(15-18-10)8-4-6-9(14)7-5-8/h4-7H,2-3H2,1H3,(H,16,17). The Morgan fingerprint density at radius 1 is 1.39 bits per heavy atom. The van der Waals surface area contributed by atoms with E-state index in [9.17, 15) is 14.3 Å². The summed E-state index contributed by atoms with van der Waals surface area (Å²) in [6, 6.07) is 5.48. The number of benzene rings is 1. The first kappa shape index (κ1) is 12.3. The quantitative estimate of drug-likeness (QED) is 0.904. The van der Waals surface area contributed by atoms with Crippen LogP contribution in [0.25, 0.3) is 11.3 Å². The molecular formula is C13H12FNO3. The summed E-state index contributed by atoms with van der Waals surface area (Å²) in [5.74, 6) is -1.11. The fourth-order valence-corrected chi connectivity index (χ4v) is 1.75. The Kier molecular flexibility index (Phi) is 3.41. The van der Waals surface area contributed by atoms with Crippen LogP contribution in [0.15, 0.2) is 28.8 Å². The molecular weight excluding hydrogens is 237 g/mol. The second-order valence-electron chi connectivity index (χ2n) is 3.89. The second kappa shape index (κ2) is 5.00. The molecule has 0 fully saturated rings. The Hall–Kier alpha value is -2.17. The van der Waals surface area contributed by atoms with Gasteiger partial charge in [0.1, 0.15) is 17.1 Å². The van der Waals surface area contributed by atoms with Gasteiger partial charge in [-0.05, 0) is 30.7 Å². The molecule has 0 saturated heterocycles. The van der Waals surface area contributed by atoms with Crippen molar-refractivity contribution in [3.63, 3.8) is 0 Å². The molecule has 0 atom stereocenters. The van der Waals surface area contributed by atoms with Crippen LogP contribution in [0.4, 0.5) is 4.39 Å². The minimum absolute atomic E-state index is 0.0588. The van der Waals surface area contributed by atoms with Gasteiger partial charge in [-0.15, -0.1) is 0 Å². The number of aromatic carboxylic acids is 1. The maximum Gasteiger partial charge on any atom is 0.341 e. The normalized spacial score (nSPS) is 10.6. The number of aryl methyl sites for hydroxylation is 1. The number of nitrogens with zero attached hydrogens (tertiary/aromatic N) is 1. The minimum Gasteiger partial charge on any atom is -0.477 e. The number of carboxylic acids is 1. The first-order valence-corrected chi connectivity index (χ1v) is 5.61. The van der Waals surface area contributed by atoms with E-state index >= 15 is 0 Å². The zero-order valence-corrected chi connectivity index (χ0v) is 9.81. The lowest BCUT2D eigenvalue weighted by atomic mass is 10.0. The average molecular weight is 249 g/mol. The number of hydrogen-bond acceptors (Lipinski definition) is 3. The molecule has 0 bridgehead atoms. The maximum absolute atomic E-state index is 12.8. The van der Waals surface area contributed by atoms with Crippen molar-refractivity contribution in [1.82, 2.24) is 5.16 Å². The molecule has 2 rings (SSSR count). The molecule has 1 heterocycles. The van der Waals surface area contributed by atoms with Gasteiger partial charge < -0.3 is 9.63 Å². The lowest BCUT2D eigenvalue weighted by Crippen LogP contribution is -2.01. The van der Waals surface area contributed by atoms with Crippen LogP contribution in [0.5, 0.6) is 0 Å². The van der Waals surface area contributed by atoms with Crippen LogP contribution in [-0.2, 0) is 6.42 Å². The van der Waals surface area contributed by atoms with E-state index in [1.165, 1.54) is 24.3 Å². The van der Waals surface area contributed by atoms with Gasteiger partial charge in [-0.2, -0.15) is 0 Å². The first-order chi connectivity index (χ1) is 8.63. The molecule has 0 spiro atoms. The van der Waals surface area contributed by atoms with Crippen molar-refractivity contribution in [2.45, 2.75) is 19.8 Å². The van der Waals surface area contributed by atoms with E-state index < -0.39 is 5.97 Å². The predicted molar refractivity (Wildman–Crippen MR) is 62.9 cm³/mol. The van der Waals surface area contributed by atoms with Gasteiger partial charge >= 0.3 is 5.97 Å². The van der Waals surface area contributed by atoms with E-state index in [0.29, 0.717) is 17.7 Å². The summed E-state index contributed by atoms with van der Waals surface area (Å²) in [4.78, 5) is 11.2. The van der Waals surface area contributed by atoms with Gasteiger partial charge in [-0.1, -0.05) is 12.1 Å². The van der Waals surface area contributed by atoms with Crippen LogP contribution in [0, 0.1) is 5.82 Å². The number of carbonyl (C=O) groups is 1. The molecule has 0 aliphatic rings. The highest BCUT2D eigenvalue weighted by molar-refractivity contribution is 5.95. The average Bonchev–Trinajstić information content (AvgIpc) is 2.74. The van der Waals surface area contributed by atoms with E-state index in [1.54, 1.807) is 0 Å². The zero-order chi connectivity index (χ0) is 13.1. The molecule has 5 heteroatoms. The Balaban J connectivity index is 2.50. The van der Waals surface area contributed by atoms with Crippen LogP contribution >= 0.6 is 0 Å². The summed E-state index contributed by atoms with van der Waals surface area (Å²) in [5, 5.41) is 13.0. The number of rotatable bonds is 4. The minimum atomic E-state index is -1.08. The van der Waals surface area contributed by atoms with E-state index in [4.69, 9.17) is 4.52 Å². The third-order valence-corrected chi connectivity index (χ3v) is 2.57. The van der Waals surface area contributed by atoms with Crippen molar-refractivity contribution in [3.8, 4) is 11.3 Å². The summed E-state index contributed by atoms with van der Waals surface area (Å²) in [6.07, 6.45) is 1.27. The molecule has 0 amide bonds. The van der Waals surface area contributed by atoms with Crippen LogP contribution in [0.2, 0.25) is 0 Å². The number of aromatic nitrogens is 1. The Morgan fingerprint density at radius 3 is 2.61 bits per heavy atom. The van der Waals surface area contributed by atoms with Crippen molar-refractivity contribution in [2.24, 2.45) is 0 Å². The highest BCUT2D eigenvalue weighted by Crippen LogP contribution is 2.26. The maximum atomic E-state index is 12.8. The zero-order valence-electron chi connectivity index (χ0n) is 9.81. The van der Waals surface area contributed by atoms with Crippen LogP contribution in [0.3, 0.4) is 0 Å².